The van der Waals surface area contributed by atoms with Crippen LogP contribution in [0.2, 0.25) is 20.1 Å². The van der Waals surface area contributed by atoms with Gasteiger partial charge in [-0.15, -0.1) is 11.8 Å². The van der Waals surface area contributed by atoms with E-state index in [9.17, 15) is 9.59 Å². The van der Waals surface area contributed by atoms with Crippen LogP contribution in [-0.4, -0.2) is 35.1 Å². The van der Waals surface area contributed by atoms with Gasteiger partial charge in [0.25, 0.3) is 0 Å². The fourth-order valence-corrected chi connectivity index (χ4v) is 4.51. The topological polar surface area (TPSA) is 49.4 Å². The number of amides is 2. The molecule has 0 saturated carbocycles. The Balaban J connectivity index is 2.14. The lowest BCUT2D eigenvalue weighted by Crippen LogP contribution is -2.49. The van der Waals surface area contributed by atoms with E-state index in [0.29, 0.717) is 38.8 Å². The average Bonchev–Trinajstić information content (AvgIpc) is 2.73. The molecule has 0 aliphatic rings. The molecule has 2 aromatic carbocycles. The zero-order valence-corrected chi connectivity index (χ0v) is 21.1. The van der Waals surface area contributed by atoms with E-state index in [-0.39, 0.29) is 24.1 Å². The monoisotopic (exact) mass is 520 g/mol. The largest absolute Gasteiger partial charge is 0.355 e. The Morgan fingerprint density at radius 1 is 0.935 bits per heavy atom. The molecule has 0 unspecified atom stereocenters. The summed E-state index contributed by atoms with van der Waals surface area (Å²) in [6.07, 6.45) is 0.496. The fourth-order valence-electron chi connectivity index (χ4n) is 3.01. The number of likely N-dealkylation sites (N-methyl/N-ethyl adjacent to an activating group) is 1. The predicted molar refractivity (Wildman–Crippen MR) is 132 cm³/mol. The normalized spacial score (nSPS) is 11.8. The van der Waals surface area contributed by atoms with Crippen molar-refractivity contribution >= 4 is 70.0 Å². The van der Waals surface area contributed by atoms with Gasteiger partial charge < -0.3 is 10.2 Å². The van der Waals surface area contributed by atoms with Crippen molar-refractivity contribution in [3.05, 3.63) is 67.6 Å². The van der Waals surface area contributed by atoms with Crippen LogP contribution in [0.25, 0.3) is 0 Å². The summed E-state index contributed by atoms with van der Waals surface area (Å²) >= 11 is 25.6. The number of halogens is 4. The third-order valence-corrected chi connectivity index (χ3v) is 7.02. The number of hydrogen-bond donors (Lipinski definition) is 1. The number of carbonyl (C=O) groups is 2. The Kier molecular flexibility index (Phi) is 10.8. The van der Waals surface area contributed by atoms with Crippen molar-refractivity contribution < 1.29 is 9.59 Å². The first-order valence-corrected chi connectivity index (χ1v) is 12.5. The Morgan fingerprint density at radius 3 is 2.06 bits per heavy atom. The average molecular weight is 522 g/mol. The molecule has 0 aliphatic heterocycles. The molecule has 0 heterocycles. The molecule has 1 atom stereocenters. The maximum Gasteiger partial charge on any atom is 0.242 e. The minimum Gasteiger partial charge on any atom is -0.355 e. The smallest absolute Gasteiger partial charge is 0.242 e. The maximum atomic E-state index is 13.1. The molecule has 2 aromatic rings. The highest BCUT2D eigenvalue weighted by Gasteiger charge is 2.28. The molecule has 0 spiro atoms. The summed E-state index contributed by atoms with van der Waals surface area (Å²) in [5.41, 5.74) is 1.78. The van der Waals surface area contributed by atoms with Crippen LogP contribution in [0.15, 0.2) is 36.4 Å². The molecule has 0 aromatic heterocycles. The van der Waals surface area contributed by atoms with Gasteiger partial charge in [-0.25, -0.2) is 0 Å². The second-order valence-corrected chi connectivity index (χ2v) is 9.44. The van der Waals surface area contributed by atoms with Crippen molar-refractivity contribution in [3.63, 3.8) is 0 Å². The first-order valence-electron chi connectivity index (χ1n) is 9.79. The first-order chi connectivity index (χ1) is 14.8. The van der Waals surface area contributed by atoms with Gasteiger partial charge >= 0.3 is 0 Å². The minimum atomic E-state index is -0.576. The van der Waals surface area contributed by atoms with Gasteiger partial charge in [-0.2, -0.15) is 0 Å². The number of thioether (sulfide) groups is 1. The van der Waals surface area contributed by atoms with Crippen LogP contribution in [0.4, 0.5) is 0 Å². The van der Waals surface area contributed by atoms with Crippen LogP contribution >= 0.6 is 58.2 Å². The summed E-state index contributed by atoms with van der Waals surface area (Å²) in [6, 6.07) is 10.0. The van der Waals surface area contributed by atoms with Gasteiger partial charge in [0.2, 0.25) is 11.8 Å². The summed E-state index contributed by atoms with van der Waals surface area (Å²) in [4.78, 5) is 27.4. The molecule has 0 aliphatic carbocycles. The summed E-state index contributed by atoms with van der Waals surface area (Å²) in [7, 11) is 0. The molecule has 0 bridgehead atoms. The summed E-state index contributed by atoms with van der Waals surface area (Å²) in [5, 5.41) is 4.64. The standard InChI is InChI=1S/C22H24Cl4N2O2S/c1-3-20(22(30)27-4-2)28(11-14-5-7-16(23)18(25)9-14)21(29)13-31-12-15-6-8-17(24)19(26)10-15/h5-10,20H,3-4,11-13H2,1-2H3,(H,27,30)/t20-/m1/s1. The zero-order valence-electron chi connectivity index (χ0n) is 17.3. The third kappa shape index (κ3) is 7.76. The highest BCUT2D eigenvalue weighted by molar-refractivity contribution is 7.99. The number of carbonyl (C=O) groups excluding carboxylic acids is 2. The van der Waals surface area contributed by atoms with Gasteiger partial charge in [0.05, 0.1) is 25.8 Å². The van der Waals surface area contributed by atoms with Crippen LogP contribution in [0.5, 0.6) is 0 Å². The molecule has 0 saturated heterocycles. The van der Waals surface area contributed by atoms with Gasteiger partial charge in [-0.1, -0.05) is 65.5 Å². The van der Waals surface area contributed by atoms with E-state index in [1.807, 2.05) is 26.0 Å². The molecule has 168 valence electrons. The van der Waals surface area contributed by atoms with Crippen molar-refractivity contribution in [1.82, 2.24) is 10.2 Å². The Hall–Kier alpha value is -1.11. The lowest BCUT2D eigenvalue weighted by Gasteiger charge is -2.30. The van der Waals surface area contributed by atoms with E-state index >= 15 is 0 Å². The van der Waals surface area contributed by atoms with Crippen LogP contribution < -0.4 is 5.32 Å². The molecule has 2 amide bonds. The summed E-state index contributed by atoms with van der Waals surface area (Å²) < 4.78 is 0. The number of hydrogen-bond acceptors (Lipinski definition) is 3. The lowest BCUT2D eigenvalue weighted by molar-refractivity contribution is -0.139. The number of rotatable bonds is 10. The number of nitrogens with one attached hydrogen (secondary N) is 1. The highest BCUT2D eigenvalue weighted by Crippen LogP contribution is 2.26. The van der Waals surface area contributed by atoms with Crippen LogP contribution in [0, 0.1) is 0 Å². The Labute approximate surface area is 207 Å². The molecule has 4 nitrogen and oxygen atoms in total. The maximum absolute atomic E-state index is 13.1. The quantitative estimate of drug-likeness (QED) is 0.389. The Morgan fingerprint density at radius 2 is 1.52 bits per heavy atom. The fraction of sp³-hybridized carbons (Fsp3) is 0.364. The second-order valence-electron chi connectivity index (χ2n) is 6.83. The Bertz CT molecular complexity index is 926. The minimum absolute atomic E-state index is 0.130. The van der Waals surface area contributed by atoms with Crippen molar-refractivity contribution in [3.8, 4) is 0 Å². The van der Waals surface area contributed by atoms with Crippen molar-refractivity contribution in [1.29, 1.82) is 0 Å². The number of benzene rings is 2. The van der Waals surface area contributed by atoms with Crippen LogP contribution in [0.1, 0.15) is 31.4 Å². The highest BCUT2D eigenvalue weighted by atomic mass is 35.5. The molecule has 31 heavy (non-hydrogen) atoms. The molecule has 1 N–H and O–H groups in total. The van der Waals surface area contributed by atoms with E-state index in [1.165, 1.54) is 11.8 Å². The van der Waals surface area contributed by atoms with Gasteiger partial charge in [-0.3, -0.25) is 9.59 Å². The predicted octanol–water partition coefficient (Wildman–Crippen LogP) is 6.48. The van der Waals surface area contributed by atoms with E-state index in [4.69, 9.17) is 46.4 Å². The summed E-state index contributed by atoms with van der Waals surface area (Å²) in [6.45, 7) is 4.50. The van der Waals surface area contributed by atoms with Crippen LogP contribution in [-0.2, 0) is 21.9 Å². The van der Waals surface area contributed by atoms with E-state index in [1.54, 1.807) is 29.2 Å². The van der Waals surface area contributed by atoms with Crippen LogP contribution in [0.3, 0.4) is 0 Å². The molecule has 9 heteroatoms. The van der Waals surface area contributed by atoms with Gasteiger partial charge in [-0.05, 0) is 48.7 Å². The van der Waals surface area contributed by atoms with Crippen molar-refractivity contribution in [2.75, 3.05) is 12.3 Å². The van der Waals surface area contributed by atoms with Gasteiger partial charge in [0.1, 0.15) is 6.04 Å². The van der Waals surface area contributed by atoms with E-state index in [0.717, 1.165) is 11.1 Å². The van der Waals surface area contributed by atoms with Crippen molar-refractivity contribution in [2.45, 2.75) is 38.6 Å². The van der Waals surface area contributed by atoms with E-state index < -0.39 is 6.04 Å². The lowest BCUT2D eigenvalue weighted by atomic mass is 10.1. The molecule has 0 radical (unpaired) electrons. The zero-order chi connectivity index (χ0) is 23.0. The number of nitrogens with zero attached hydrogens (tertiary/aromatic N) is 1. The van der Waals surface area contributed by atoms with Gasteiger partial charge in [0.15, 0.2) is 0 Å². The van der Waals surface area contributed by atoms with E-state index in [2.05, 4.69) is 5.32 Å². The first kappa shape index (κ1) is 26.1. The third-order valence-electron chi connectivity index (χ3n) is 4.55. The van der Waals surface area contributed by atoms with Gasteiger partial charge in [0, 0.05) is 18.8 Å². The molecule has 2 rings (SSSR count). The molecular formula is C22H24Cl4N2O2S. The molecular weight excluding hydrogens is 498 g/mol. The SMILES string of the molecule is CCNC(=O)[C@@H](CC)N(Cc1ccc(Cl)c(Cl)c1)C(=O)CSCc1ccc(Cl)c(Cl)c1. The van der Waals surface area contributed by atoms with Crippen molar-refractivity contribution in [2.24, 2.45) is 0 Å². The molecule has 0 fully saturated rings. The summed E-state index contributed by atoms with van der Waals surface area (Å²) in [5.74, 6) is 0.515. The second kappa shape index (κ2) is 12.8.